The molecule has 0 spiro atoms. The summed E-state index contributed by atoms with van der Waals surface area (Å²) in [6.07, 6.45) is 3.99. The lowest BCUT2D eigenvalue weighted by Gasteiger charge is -2.46. The fraction of sp³-hybridized carbons (Fsp3) is 0.769. The first-order chi connectivity index (χ1) is 9.07. The summed E-state index contributed by atoms with van der Waals surface area (Å²) in [5.41, 5.74) is 4.65. The number of aromatic nitrogens is 2. The highest BCUT2D eigenvalue weighted by molar-refractivity contribution is 6.31. The van der Waals surface area contributed by atoms with Gasteiger partial charge in [-0.3, -0.25) is 16.0 Å². The van der Waals surface area contributed by atoms with Gasteiger partial charge in [-0.2, -0.15) is 5.10 Å². The maximum atomic E-state index is 6.36. The first-order valence-electron chi connectivity index (χ1n) is 6.81. The van der Waals surface area contributed by atoms with Gasteiger partial charge in [0.1, 0.15) is 0 Å². The number of rotatable bonds is 6. The standard InChI is InChI=1S/C13H23ClN4O/c1-4-18-10(12(14)9(2)17-18)8-11(16-15)13(19-3)6-5-7-13/h11,16H,4-8,15H2,1-3H3. The number of hydrazine groups is 1. The molecule has 108 valence electrons. The van der Waals surface area contributed by atoms with Crippen LogP contribution in [-0.4, -0.2) is 28.5 Å². The zero-order valence-electron chi connectivity index (χ0n) is 11.9. The van der Waals surface area contributed by atoms with Crippen LogP contribution in [0.2, 0.25) is 5.02 Å². The second kappa shape index (κ2) is 5.79. The quantitative estimate of drug-likeness (QED) is 0.618. The highest BCUT2D eigenvalue weighted by Gasteiger charge is 2.44. The van der Waals surface area contributed by atoms with Crippen LogP contribution in [0, 0.1) is 6.92 Å². The van der Waals surface area contributed by atoms with E-state index in [9.17, 15) is 0 Å². The molecule has 3 N–H and O–H groups in total. The summed E-state index contributed by atoms with van der Waals surface area (Å²) in [4.78, 5) is 0. The summed E-state index contributed by atoms with van der Waals surface area (Å²) in [6, 6.07) is 0.0603. The Morgan fingerprint density at radius 3 is 2.68 bits per heavy atom. The van der Waals surface area contributed by atoms with Gasteiger partial charge in [0.2, 0.25) is 0 Å². The fourth-order valence-electron chi connectivity index (χ4n) is 2.87. The Balaban J connectivity index is 2.23. The predicted octanol–water partition coefficient (Wildman–Crippen LogP) is 1.81. The lowest BCUT2D eigenvalue weighted by molar-refractivity contribution is -0.0985. The Bertz CT molecular complexity index is 437. The van der Waals surface area contributed by atoms with E-state index in [1.807, 2.05) is 11.6 Å². The first kappa shape index (κ1) is 14.8. The molecule has 1 saturated carbocycles. The highest BCUT2D eigenvalue weighted by Crippen LogP contribution is 2.39. The van der Waals surface area contributed by atoms with Crippen LogP contribution in [0.25, 0.3) is 0 Å². The molecule has 2 rings (SSSR count). The second-order valence-electron chi connectivity index (χ2n) is 5.21. The molecule has 1 atom stereocenters. The molecule has 0 aromatic carbocycles. The monoisotopic (exact) mass is 286 g/mol. The average Bonchev–Trinajstić information content (AvgIpc) is 2.64. The Hall–Kier alpha value is -0.620. The van der Waals surface area contributed by atoms with Crippen molar-refractivity contribution in [1.82, 2.24) is 15.2 Å². The summed E-state index contributed by atoms with van der Waals surface area (Å²) < 4.78 is 7.65. The molecule has 1 unspecified atom stereocenters. The van der Waals surface area contributed by atoms with E-state index in [1.54, 1.807) is 7.11 Å². The van der Waals surface area contributed by atoms with Gasteiger partial charge in [-0.25, -0.2) is 0 Å². The molecule has 1 heterocycles. The molecule has 5 nitrogen and oxygen atoms in total. The molecule has 1 aliphatic carbocycles. The van der Waals surface area contributed by atoms with E-state index in [0.717, 1.165) is 42.2 Å². The summed E-state index contributed by atoms with van der Waals surface area (Å²) >= 11 is 6.36. The van der Waals surface area contributed by atoms with Gasteiger partial charge in [0.05, 0.1) is 28.1 Å². The number of halogens is 1. The van der Waals surface area contributed by atoms with Gasteiger partial charge in [-0.05, 0) is 33.1 Å². The zero-order valence-corrected chi connectivity index (χ0v) is 12.6. The number of nitrogens with two attached hydrogens (primary N) is 1. The molecule has 0 bridgehead atoms. The van der Waals surface area contributed by atoms with Gasteiger partial charge >= 0.3 is 0 Å². The van der Waals surface area contributed by atoms with Crippen LogP contribution in [0.15, 0.2) is 0 Å². The van der Waals surface area contributed by atoms with Crippen LogP contribution in [0.5, 0.6) is 0 Å². The third-order valence-electron chi connectivity index (χ3n) is 4.29. The van der Waals surface area contributed by atoms with Crippen molar-refractivity contribution in [2.24, 2.45) is 5.84 Å². The van der Waals surface area contributed by atoms with Crippen LogP contribution in [-0.2, 0) is 17.7 Å². The van der Waals surface area contributed by atoms with E-state index >= 15 is 0 Å². The Morgan fingerprint density at radius 2 is 2.26 bits per heavy atom. The van der Waals surface area contributed by atoms with Gasteiger partial charge in [0.25, 0.3) is 0 Å². The highest BCUT2D eigenvalue weighted by atomic mass is 35.5. The molecule has 0 amide bonds. The van der Waals surface area contributed by atoms with Crippen molar-refractivity contribution in [2.45, 2.75) is 57.7 Å². The van der Waals surface area contributed by atoms with E-state index in [1.165, 1.54) is 6.42 Å². The maximum absolute atomic E-state index is 6.36. The van der Waals surface area contributed by atoms with Gasteiger partial charge in [-0.1, -0.05) is 11.6 Å². The number of nitrogens with zero attached hydrogens (tertiary/aromatic N) is 2. The largest absolute Gasteiger partial charge is 0.377 e. The topological polar surface area (TPSA) is 65.1 Å². The minimum atomic E-state index is -0.158. The zero-order chi connectivity index (χ0) is 14.0. The summed E-state index contributed by atoms with van der Waals surface area (Å²) in [5.74, 6) is 5.74. The van der Waals surface area contributed by atoms with Crippen LogP contribution in [0.3, 0.4) is 0 Å². The smallest absolute Gasteiger partial charge is 0.0848 e. The van der Waals surface area contributed by atoms with Crippen molar-refractivity contribution in [3.63, 3.8) is 0 Å². The molecular formula is C13H23ClN4O. The number of hydrogen-bond acceptors (Lipinski definition) is 4. The first-order valence-corrected chi connectivity index (χ1v) is 7.18. The molecular weight excluding hydrogens is 264 g/mol. The third-order valence-corrected chi connectivity index (χ3v) is 4.78. The normalized spacial score (nSPS) is 19.2. The lowest BCUT2D eigenvalue weighted by Crippen LogP contribution is -2.59. The van der Waals surface area contributed by atoms with Crippen molar-refractivity contribution < 1.29 is 4.74 Å². The van der Waals surface area contributed by atoms with Crippen molar-refractivity contribution in [1.29, 1.82) is 0 Å². The third kappa shape index (κ3) is 2.52. The molecule has 0 aliphatic heterocycles. The van der Waals surface area contributed by atoms with Gasteiger partial charge < -0.3 is 4.74 Å². The molecule has 1 aromatic heterocycles. The van der Waals surface area contributed by atoms with E-state index < -0.39 is 0 Å². The van der Waals surface area contributed by atoms with Crippen molar-refractivity contribution >= 4 is 11.6 Å². The van der Waals surface area contributed by atoms with Crippen molar-refractivity contribution in [3.8, 4) is 0 Å². The van der Waals surface area contributed by atoms with Crippen molar-refractivity contribution in [3.05, 3.63) is 16.4 Å². The maximum Gasteiger partial charge on any atom is 0.0848 e. The number of aryl methyl sites for hydroxylation is 2. The summed E-state index contributed by atoms with van der Waals surface area (Å²) in [7, 11) is 1.76. The minimum Gasteiger partial charge on any atom is -0.377 e. The molecule has 1 aliphatic rings. The van der Waals surface area contributed by atoms with E-state index in [-0.39, 0.29) is 11.6 Å². The van der Waals surface area contributed by atoms with Crippen LogP contribution in [0.1, 0.15) is 37.6 Å². The van der Waals surface area contributed by atoms with E-state index in [4.69, 9.17) is 22.2 Å². The minimum absolute atomic E-state index is 0.0603. The molecule has 1 aromatic rings. The van der Waals surface area contributed by atoms with E-state index in [0.29, 0.717) is 0 Å². The molecule has 19 heavy (non-hydrogen) atoms. The van der Waals surface area contributed by atoms with Gasteiger partial charge in [0.15, 0.2) is 0 Å². The van der Waals surface area contributed by atoms with Crippen LogP contribution in [0.4, 0.5) is 0 Å². The number of methoxy groups -OCH3 is 1. The summed E-state index contributed by atoms with van der Waals surface area (Å²) in [5, 5.41) is 5.19. The predicted molar refractivity (Wildman–Crippen MR) is 76.1 cm³/mol. The number of nitrogens with one attached hydrogen (secondary N) is 1. The molecule has 1 fully saturated rings. The van der Waals surface area contributed by atoms with Crippen LogP contribution < -0.4 is 11.3 Å². The second-order valence-corrected chi connectivity index (χ2v) is 5.59. The average molecular weight is 287 g/mol. The Morgan fingerprint density at radius 1 is 1.58 bits per heavy atom. The van der Waals surface area contributed by atoms with E-state index in [2.05, 4.69) is 17.4 Å². The SMILES string of the molecule is CCn1nc(C)c(Cl)c1CC(NN)C1(OC)CCC1. The molecule has 6 heteroatoms. The lowest BCUT2D eigenvalue weighted by atomic mass is 9.73. The van der Waals surface area contributed by atoms with Gasteiger partial charge in [0, 0.05) is 20.1 Å². The van der Waals surface area contributed by atoms with Gasteiger partial charge in [-0.15, -0.1) is 0 Å². The Kier molecular flexibility index (Phi) is 4.50. The van der Waals surface area contributed by atoms with Crippen molar-refractivity contribution in [2.75, 3.05) is 7.11 Å². The molecule has 0 radical (unpaired) electrons. The molecule has 0 saturated heterocycles. The van der Waals surface area contributed by atoms with Crippen LogP contribution >= 0.6 is 11.6 Å². The number of hydrogen-bond donors (Lipinski definition) is 2. The summed E-state index contributed by atoms with van der Waals surface area (Å²) in [6.45, 7) is 4.80. The number of ether oxygens (including phenoxy) is 1. The Labute approximate surface area is 119 Å². The fourth-order valence-corrected chi connectivity index (χ4v) is 3.09.